The Bertz CT molecular complexity index is 739. The minimum Gasteiger partial charge on any atom is -0.481 e. The van der Waals surface area contributed by atoms with Crippen molar-refractivity contribution in [2.24, 2.45) is 5.92 Å². The summed E-state index contributed by atoms with van der Waals surface area (Å²) in [6.07, 6.45) is 1.61. The lowest BCUT2D eigenvalue weighted by Crippen LogP contribution is -2.49. The summed E-state index contributed by atoms with van der Waals surface area (Å²) in [5, 5.41) is 11.3. The van der Waals surface area contributed by atoms with Gasteiger partial charge in [0.05, 0.1) is 5.92 Å². The van der Waals surface area contributed by atoms with Crippen molar-refractivity contribution in [3.63, 3.8) is 0 Å². The number of H-pyrrole nitrogens is 1. The van der Waals surface area contributed by atoms with Crippen LogP contribution in [0.4, 0.5) is 0 Å². The Morgan fingerprint density at radius 2 is 2.29 bits per heavy atom. The van der Waals surface area contributed by atoms with Crippen molar-refractivity contribution >= 4 is 28.5 Å². The Morgan fingerprint density at radius 3 is 3.05 bits per heavy atom. The predicted molar refractivity (Wildman–Crippen MR) is 81.9 cm³/mol. The van der Waals surface area contributed by atoms with Gasteiger partial charge in [0, 0.05) is 29.4 Å². The van der Waals surface area contributed by atoms with Crippen LogP contribution < -0.4 is 0 Å². The van der Waals surface area contributed by atoms with Gasteiger partial charge in [-0.3, -0.25) is 4.79 Å². The molecule has 3 atom stereocenters. The van der Waals surface area contributed by atoms with Gasteiger partial charge in [0.1, 0.15) is 5.15 Å². The number of nitrogens with zero attached hydrogens (tertiary/aromatic N) is 1. The molecule has 2 heterocycles. The molecular weight excluding hydrogens is 288 g/mol. The van der Waals surface area contributed by atoms with Crippen LogP contribution in [0.2, 0.25) is 5.15 Å². The highest BCUT2D eigenvalue weighted by molar-refractivity contribution is 6.32. The van der Waals surface area contributed by atoms with E-state index in [1.165, 1.54) is 16.5 Å². The lowest BCUT2D eigenvalue weighted by Gasteiger charge is -2.44. The van der Waals surface area contributed by atoms with Crippen LogP contribution in [-0.4, -0.2) is 40.6 Å². The largest absolute Gasteiger partial charge is 0.481 e. The zero-order valence-electron chi connectivity index (χ0n) is 11.8. The molecule has 4 rings (SSSR count). The van der Waals surface area contributed by atoms with Gasteiger partial charge in [-0.05, 0) is 37.1 Å². The van der Waals surface area contributed by atoms with E-state index < -0.39 is 5.97 Å². The molecule has 1 saturated heterocycles. The molecule has 4 nitrogen and oxygen atoms in total. The number of benzene rings is 1. The van der Waals surface area contributed by atoms with Gasteiger partial charge in [0.25, 0.3) is 0 Å². The van der Waals surface area contributed by atoms with E-state index in [1.54, 1.807) is 0 Å². The molecule has 1 aliphatic heterocycles. The molecule has 0 saturated carbocycles. The first-order chi connectivity index (χ1) is 10.1. The normalized spacial score (nSPS) is 28.6. The molecule has 2 N–H and O–H groups in total. The van der Waals surface area contributed by atoms with E-state index in [9.17, 15) is 9.90 Å². The minimum atomic E-state index is -0.689. The van der Waals surface area contributed by atoms with E-state index in [1.807, 2.05) is 19.2 Å². The molecule has 0 bridgehead atoms. The van der Waals surface area contributed by atoms with Gasteiger partial charge in [-0.1, -0.05) is 23.7 Å². The second-order valence-electron chi connectivity index (χ2n) is 6.28. The lowest BCUT2D eigenvalue weighted by molar-refractivity contribution is -0.144. The molecule has 1 aromatic carbocycles. The number of hydrogen-bond donors (Lipinski definition) is 2. The van der Waals surface area contributed by atoms with Crippen LogP contribution in [0.15, 0.2) is 18.2 Å². The molecule has 21 heavy (non-hydrogen) atoms. The summed E-state index contributed by atoms with van der Waals surface area (Å²) in [6, 6.07) is 6.54. The first-order valence-corrected chi connectivity index (χ1v) is 7.66. The van der Waals surface area contributed by atoms with E-state index >= 15 is 0 Å². The summed E-state index contributed by atoms with van der Waals surface area (Å²) in [4.78, 5) is 16.9. The third-order valence-electron chi connectivity index (χ3n) is 5.15. The summed E-state index contributed by atoms with van der Waals surface area (Å²) in [7, 11) is 2.03. The number of aromatic amines is 1. The fraction of sp³-hybridized carbons (Fsp3) is 0.438. The molecule has 0 amide bonds. The maximum Gasteiger partial charge on any atom is 0.307 e. The number of aliphatic carboxylic acids is 1. The van der Waals surface area contributed by atoms with Crippen LogP contribution in [0.3, 0.4) is 0 Å². The average molecular weight is 305 g/mol. The molecule has 110 valence electrons. The maximum absolute atomic E-state index is 11.4. The Labute approximate surface area is 127 Å². The SMILES string of the molecule is CN1CC(C(=O)O)C[C@@H]2c3cccc4[nH]c(Cl)c(c34)C[C@H]21. The molecule has 0 spiro atoms. The molecule has 1 aromatic heterocycles. The highest BCUT2D eigenvalue weighted by Crippen LogP contribution is 2.46. The number of carboxylic acids is 1. The second-order valence-corrected chi connectivity index (χ2v) is 6.65. The number of piperidine rings is 1. The topological polar surface area (TPSA) is 56.3 Å². The van der Waals surface area contributed by atoms with Crippen LogP contribution >= 0.6 is 11.6 Å². The number of carboxylic acid groups (broad SMARTS) is 1. The fourth-order valence-corrected chi connectivity index (χ4v) is 4.44. The van der Waals surface area contributed by atoms with Gasteiger partial charge in [0.15, 0.2) is 0 Å². The molecule has 1 fully saturated rings. The smallest absolute Gasteiger partial charge is 0.307 e. The quantitative estimate of drug-likeness (QED) is 0.852. The summed E-state index contributed by atoms with van der Waals surface area (Å²) in [6.45, 7) is 0.615. The number of carbonyl (C=O) groups is 1. The number of nitrogens with one attached hydrogen (secondary N) is 1. The van der Waals surface area contributed by atoms with Crippen LogP contribution in [-0.2, 0) is 11.2 Å². The number of halogens is 1. The van der Waals surface area contributed by atoms with Crippen molar-refractivity contribution in [3.05, 3.63) is 34.5 Å². The van der Waals surface area contributed by atoms with Crippen molar-refractivity contribution in [2.75, 3.05) is 13.6 Å². The Hall–Kier alpha value is -1.52. The Balaban J connectivity index is 1.88. The number of fused-ring (bicyclic) bond motifs is 2. The van der Waals surface area contributed by atoms with Crippen molar-refractivity contribution in [3.8, 4) is 0 Å². The monoisotopic (exact) mass is 304 g/mol. The van der Waals surface area contributed by atoms with Crippen LogP contribution in [0.5, 0.6) is 0 Å². The zero-order valence-corrected chi connectivity index (χ0v) is 12.5. The predicted octanol–water partition coefficient (Wildman–Crippen LogP) is 2.87. The number of likely N-dealkylation sites (tertiary alicyclic amines) is 1. The van der Waals surface area contributed by atoms with Gasteiger partial charge >= 0.3 is 5.97 Å². The summed E-state index contributed by atoms with van der Waals surface area (Å²) in [5.74, 6) is -0.708. The first-order valence-electron chi connectivity index (χ1n) is 7.28. The standard InChI is InChI=1S/C16H17ClN2O2/c1-19-7-8(16(20)21)5-10-9-3-2-4-12-14(9)11(6-13(10)19)15(17)18-12/h2-4,8,10,13,18H,5-7H2,1H3,(H,20,21)/t8?,10-,13-/m1/s1. The molecule has 1 unspecified atom stereocenters. The van der Waals surface area contributed by atoms with Crippen LogP contribution in [0.25, 0.3) is 10.9 Å². The van der Waals surface area contributed by atoms with Gasteiger partial charge < -0.3 is 15.0 Å². The van der Waals surface area contributed by atoms with Crippen LogP contribution in [0.1, 0.15) is 23.5 Å². The molecule has 2 aliphatic rings. The van der Waals surface area contributed by atoms with Crippen molar-refractivity contribution in [1.82, 2.24) is 9.88 Å². The van der Waals surface area contributed by atoms with E-state index in [0.717, 1.165) is 17.1 Å². The molecule has 2 aromatic rings. The molecular formula is C16H17ClN2O2. The number of rotatable bonds is 1. The number of hydrogen-bond acceptors (Lipinski definition) is 2. The summed E-state index contributed by atoms with van der Waals surface area (Å²) >= 11 is 6.36. The molecule has 1 aliphatic carbocycles. The second kappa shape index (κ2) is 4.49. The third kappa shape index (κ3) is 1.82. The van der Waals surface area contributed by atoms with Crippen molar-refractivity contribution in [1.29, 1.82) is 0 Å². The first kappa shape index (κ1) is 13.2. The van der Waals surface area contributed by atoms with E-state index in [0.29, 0.717) is 19.0 Å². The van der Waals surface area contributed by atoms with Gasteiger partial charge in [-0.25, -0.2) is 0 Å². The van der Waals surface area contributed by atoms with E-state index in [-0.39, 0.29) is 11.8 Å². The van der Waals surface area contributed by atoms with E-state index in [4.69, 9.17) is 11.6 Å². The van der Waals surface area contributed by atoms with Crippen LogP contribution in [0, 0.1) is 5.92 Å². The summed E-state index contributed by atoms with van der Waals surface area (Å²) in [5.41, 5.74) is 3.50. The molecule has 5 heteroatoms. The van der Waals surface area contributed by atoms with Crippen molar-refractivity contribution in [2.45, 2.75) is 24.8 Å². The minimum absolute atomic E-state index is 0.271. The highest BCUT2D eigenvalue weighted by atomic mass is 35.5. The fourth-order valence-electron chi connectivity index (χ4n) is 4.16. The number of aromatic nitrogens is 1. The Morgan fingerprint density at radius 1 is 1.48 bits per heavy atom. The molecule has 0 radical (unpaired) electrons. The van der Waals surface area contributed by atoms with E-state index in [2.05, 4.69) is 16.0 Å². The van der Waals surface area contributed by atoms with Gasteiger partial charge in [-0.15, -0.1) is 0 Å². The highest BCUT2D eigenvalue weighted by Gasteiger charge is 2.42. The van der Waals surface area contributed by atoms with Gasteiger partial charge in [-0.2, -0.15) is 0 Å². The number of likely N-dealkylation sites (N-methyl/N-ethyl adjacent to an activating group) is 1. The van der Waals surface area contributed by atoms with Gasteiger partial charge in [0.2, 0.25) is 0 Å². The zero-order chi connectivity index (χ0) is 14.7. The lowest BCUT2D eigenvalue weighted by atomic mass is 9.72. The third-order valence-corrected chi connectivity index (χ3v) is 5.47. The Kier molecular flexibility index (Phi) is 2.81. The maximum atomic E-state index is 11.4. The van der Waals surface area contributed by atoms with Crippen molar-refractivity contribution < 1.29 is 9.90 Å². The average Bonchev–Trinajstić information content (AvgIpc) is 2.77. The summed E-state index contributed by atoms with van der Waals surface area (Å²) < 4.78 is 0.